The van der Waals surface area contributed by atoms with Crippen molar-refractivity contribution in [1.29, 1.82) is 0 Å². The molecule has 0 saturated heterocycles. The number of hydrogen-bond acceptors (Lipinski definition) is 4. The first-order valence-corrected chi connectivity index (χ1v) is 6.58. The Bertz CT molecular complexity index is 642. The number of nitrogens with zero attached hydrogens (tertiary/aromatic N) is 2. The molecule has 0 N–H and O–H groups in total. The SMILES string of the molecule is CC1(C)/C(=C/c2csnn2)C(=O)c2ccccc21. The molecule has 2 aromatic rings. The highest BCUT2D eigenvalue weighted by molar-refractivity contribution is 7.03. The van der Waals surface area contributed by atoms with Gasteiger partial charge in [0.05, 0.1) is 5.69 Å². The lowest BCUT2D eigenvalue weighted by Gasteiger charge is -2.20. The Morgan fingerprint density at radius 1 is 1.28 bits per heavy atom. The maximum absolute atomic E-state index is 12.4. The molecule has 1 heterocycles. The maximum Gasteiger partial charge on any atom is 0.190 e. The van der Waals surface area contributed by atoms with Crippen molar-refractivity contribution in [2.45, 2.75) is 19.3 Å². The minimum atomic E-state index is -0.267. The normalized spacial score (nSPS) is 19.2. The largest absolute Gasteiger partial charge is 0.289 e. The van der Waals surface area contributed by atoms with Crippen LogP contribution in [0.5, 0.6) is 0 Å². The van der Waals surface area contributed by atoms with E-state index in [0.717, 1.165) is 22.4 Å². The van der Waals surface area contributed by atoms with Gasteiger partial charge in [0.25, 0.3) is 0 Å². The van der Waals surface area contributed by atoms with Crippen LogP contribution in [0.25, 0.3) is 6.08 Å². The minimum absolute atomic E-state index is 0.101. The maximum atomic E-state index is 12.4. The molecule has 0 fully saturated rings. The van der Waals surface area contributed by atoms with Crippen molar-refractivity contribution in [3.05, 3.63) is 52.0 Å². The van der Waals surface area contributed by atoms with Crippen molar-refractivity contribution >= 4 is 23.4 Å². The fourth-order valence-corrected chi connectivity index (χ4v) is 2.84. The second kappa shape index (κ2) is 3.85. The number of benzene rings is 1. The highest BCUT2D eigenvalue weighted by Gasteiger charge is 2.40. The van der Waals surface area contributed by atoms with E-state index < -0.39 is 0 Å². The molecule has 0 spiro atoms. The van der Waals surface area contributed by atoms with Crippen LogP contribution in [0.15, 0.2) is 35.2 Å². The van der Waals surface area contributed by atoms with E-state index in [1.54, 1.807) is 0 Å². The van der Waals surface area contributed by atoms with Crippen molar-refractivity contribution in [2.75, 3.05) is 0 Å². The molecule has 0 aliphatic heterocycles. The predicted molar refractivity (Wildman–Crippen MR) is 71.7 cm³/mol. The summed E-state index contributed by atoms with van der Waals surface area (Å²) in [6, 6.07) is 7.79. The molecule has 0 bridgehead atoms. The summed E-state index contributed by atoms with van der Waals surface area (Å²) >= 11 is 1.29. The van der Waals surface area contributed by atoms with Gasteiger partial charge >= 0.3 is 0 Å². The van der Waals surface area contributed by atoms with Gasteiger partial charge in [-0.1, -0.05) is 42.6 Å². The summed E-state index contributed by atoms with van der Waals surface area (Å²) in [5.74, 6) is 0.101. The van der Waals surface area contributed by atoms with Gasteiger partial charge in [-0.2, -0.15) is 0 Å². The van der Waals surface area contributed by atoms with E-state index in [1.165, 1.54) is 11.5 Å². The Hall–Kier alpha value is -1.81. The molecule has 1 aromatic heterocycles. The summed E-state index contributed by atoms with van der Waals surface area (Å²) in [5, 5.41) is 5.83. The Morgan fingerprint density at radius 3 is 2.72 bits per heavy atom. The zero-order chi connectivity index (χ0) is 12.8. The number of carbonyl (C=O) groups excluding carboxylic acids is 1. The van der Waals surface area contributed by atoms with E-state index in [2.05, 4.69) is 23.4 Å². The molecule has 1 aromatic carbocycles. The third kappa shape index (κ3) is 1.53. The highest BCUT2D eigenvalue weighted by Crippen LogP contribution is 2.42. The standard InChI is InChI=1S/C14H12N2OS/c1-14(2)11-6-4-3-5-10(11)13(17)12(14)7-9-8-18-16-15-9/h3-8H,1-2H3/b12-7+. The Morgan fingerprint density at radius 2 is 2.06 bits per heavy atom. The number of carbonyl (C=O) groups is 1. The van der Waals surface area contributed by atoms with Gasteiger partial charge in [0.1, 0.15) is 0 Å². The molecule has 1 aliphatic carbocycles. The quantitative estimate of drug-likeness (QED) is 0.736. The van der Waals surface area contributed by atoms with Gasteiger partial charge in [-0.05, 0) is 23.2 Å². The molecule has 0 amide bonds. The van der Waals surface area contributed by atoms with Gasteiger partial charge in [0, 0.05) is 21.9 Å². The predicted octanol–water partition coefficient (Wildman–Crippen LogP) is 3.10. The molecule has 90 valence electrons. The number of rotatable bonds is 1. The van der Waals surface area contributed by atoms with Gasteiger partial charge < -0.3 is 0 Å². The van der Waals surface area contributed by atoms with Crippen LogP contribution in [-0.4, -0.2) is 15.4 Å². The van der Waals surface area contributed by atoms with Crippen LogP contribution in [0, 0.1) is 0 Å². The summed E-state index contributed by atoms with van der Waals surface area (Å²) < 4.78 is 3.82. The first-order valence-electron chi connectivity index (χ1n) is 5.74. The van der Waals surface area contributed by atoms with Gasteiger partial charge in [-0.15, -0.1) is 5.10 Å². The van der Waals surface area contributed by atoms with E-state index in [1.807, 2.05) is 35.7 Å². The molecule has 0 unspecified atom stereocenters. The second-order valence-corrected chi connectivity index (χ2v) is 5.50. The van der Waals surface area contributed by atoms with E-state index >= 15 is 0 Å². The van der Waals surface area contributed by atoms with Crippen molar-refractivity contribution in [3.63, 3.8) is 0 Å². The molecule has 1 aliphatic rings. The number of fused-ring (bicyclic) bond motifs is 1. The first-order chi connectivity index (χ1) is 8.60. The van der Waals surface area contributed by atoms with Crippen molar-refractivity contribution in [2.24, 2.45) is 0 Å². The second-order valence-electron chi connectivity index (χ2n) is 4.89. The average molecular weight is 256 g/mol. The van der Waals surface area contributed by atoms with Crippen LogP contribution in [-0.2, 0) is 5.41 Å². The van der Waals surface area contributed by atoms with Crippen LogP contribution < -0.4 is 0 Å². The van der Waals surface area contributed by atoms with Crippen molar-refractivity contribution < 1.29 is 4.79 Å². The molecule has 4 heteroatoms. The monoisotopic (exact) mass is 256 g/mol. The molecule has 3 rings (SSSR count). The van der Waals surface area contributed by atoms with Crippen LogP contribution in [0.2, 0.25) is 0 Å². The number of ketones is 1. The highest BCUT2D eigenvalue weighted by atomic mass is 32.1. The topological polar surface area (TPSA) is 42.9 Å². The fourth-order valence-electron chi connectivity index (χ4n) is 2.43. The number of aromatic nitrogens is 2. The zero-order valence-electron chi connectivity index (χ0n) is 10.2. The van der Waals surface area contributed by atoms with Crippen LogP contribution in [0.3, 0.4) is 0 Å². The lowest BCUT2D eigenvalue weighted by Crippen LogP contribution is -2.16. The van der Waals surface area contributed by atoms with E-state index in [-0.39, 0.29) is 11.2 Å². The Labute approximate surface area is 109 Å². The zero-order valence-corrected chi connectivity index (χ0v) is 11.0. The van der Waals surface area contributed by atoms with Crippen LogP contribution >= 0.6 is 11.5 Å². The van der Waals surface area contributed by atoms with Crippen LogP contribution in [0.1, 0.15) is 35.5 Å². The molecule has 18 heavy (non-hydrogen) atoms. The van der Waals surface area contributed by atoms with Gasteiger partial charge in [-0.25, -0.2) is 0 Å². The Kier molecular flexibility index (Phi) is 2.41. The number of hydrogen-bond donors (Lipinski definition) is 0. The first kappa shape index (κ1) is 11.3. The summed E-state index contributed by atoms with van der Waals surface area (Å²) in [5.41, 5.74) is 3.17. The molecular formula is C14H12N2OS. The number of allylic oxidation sites excluding steroid dienone is 1. The van der Waals surface area contributed by atoms with Gasteiger partial charge in [0.15, 0.2) is 5.78 Å². The van der Waals surface area contributed by atoms with Gasteiger partial charge in [-0.3, -0.25) is 4.79 Å². The molecular weight excluding hydrogens is 244 g/mol. The summed E-state index contributed by atoms with van der Waals surface area (Å²) in [6.45, 7) is 4.14. The molecule has 0 atom stereocenters. The molecule has 0 radical (unpaired) electrons. The third-order valence-corrected chi connectivity index (χ3v) is 3.95. The molecule has 0 saturated carbocycles. The van der Waals surface area contributed by atoms with Gasteiger partial charge in [0.2, 0.25) is 0 Å². The summed E-state index contributed by atoms with van der Waals surface area (Å²) in [7, 11) is 0. The van der Waals surface area contributed by atoms with Crippen LogP contribution in [0.4, 0.5) is 0 Å². The smallest absolute Gasteiger partial charge is 0.190 e. The van der Waals surface area contributed by atoms with E-state index in [4.69, 9.17) is 0 Å². The van der Waals surface area contributed by atoms with Crippen molar-refractivity contribution in [1.82, 2.24) is 9.59 Å². The minimum Gasteiger partial charge on any atom is -0.289 e. The fraction of sp³-hybridized carbons (Fsp3) is 0.214. The molecule has 3 nitrogen and oxygen atoms in total. The number of Topliss-reactive ketones (excluding diaryl/α,β-unsaturated/α-hetero) is 1. The van der Waals surface area contributed by atoms with E-state index in [0.29, 0.717) is 0 Å². The van der Waals surface area contributed by atoms with Crippen molar-refractivity contribution in [3.8, 4) is 0 Å². The summed E-state index contributed by atoms with van der Waals surface area (Å²) in [6.07, 6.45) is 1.85. The lowest BCUT2D eigenvalue weighted by atomic mass is 9.82. The average Bonchev–Trinajstić information content (AvgIpc) is 2.93. The lowest BCUT2D eigenvalue weighted by molar-refractivity contribution is 0.103. The summed E-state index contributed by atoms with van der Waals surface area (Å²) in [4.78, 5) is 12.4. The Balaban J connectivity index is 2.18. The third-order valence-electron chi connectivity index (χ3n) is 3.43. The van der Waals surface area contributed by atoms with E-state index in [9.17, 15) is 4.79 Å².